The van der Waals surface area contributed by atoms with E-state index < -0.39 is 12.3 Å². The first-order chi connectivity index (χ1) is 3.80. The maximum absolute atomic E-state index is 12.2. The van der Waals surface area contributed by atoms with Crippen molar-refractivity contribution < 1.29 is 8.78 Å². The first kappa shape index (κ1) is 5.95. The molecule has 8 heavy (non-hydrogen) atoms. The summed E-state index contributed by atoms with van der Waals surface area (Å²) in [4.78, 5) is 0. The van der Waals surface area contributed by atoms with Crippen LogP contribution in [0.5, 0.6) is 0 Å². The molecule has 0 aromatic carbocycles. The van der Waals surface area contributed by atoms with E-state index in [9.17, 15) is 8.78 Å². The van der Waals surface area contributed by atoms with Gasteiger partial charge < -0.3 is 5.32 Å². The first-order valence-electron chi connectivity index (χ1n) is 2.79. The molecule has 1 rings (SSSR count). The van der Waals surface area contributed by atoms with Gasteiger partial charge in [0.2, 0.25) is 0 Å². The summed E-state index contributed by atoms with van der Waals surface area (Å²) in [5.74, 6) is 0. The molecular formula is C5H9F2N. The van der Waals surface area contributed by atoms with Gasteiger partial charge in [-0.1, -0.05) is 0 Å². The van der Waals surface area contributed by atoms with Crippen LogP contribution in [0.4, 0.5) is 8.78 Å². The number of hydrogen-bond donors (Lipinski definition) is 1. The average Bonchev–Trinajstić information content (AvgIpc) is 1.77. The van der Waals surface area contributed by atoms with Crippen molar-refractivity contribution >= 4 is 0 Å². The number of piperidine rings is 1. The van der Waals surface area contributed by atoms with Gasteiger partial charge in [0.1, 0.15) is 12.3 Å². The van der Waals surface area contributed by atoms with Gasteiger partial charge in [0.15, 0.2) is 0 Å². The smallest absolute Gasteiger partial charge is 0.144 e. The largest absolute Gasteiger partial charge is 0.314 e. The Balaban J connectivity index is 2.28. The average molecular weight is 121 g/mol. The molecule has 0 radical (unpaired) electrons. The predicted octanol–water partition coefficient (Wildman–Crippen LogP) is 0.656. The van der Waals surface area contributed by atoms with Gasteiger partial charge in [-0.15, -0.1) is 0 Å². The van der Waals surface area contributed by atoms with Crippen molar-refractivity contribution in [1.29, 1.82) is 0 Å². The van der Waals surface area contributed by atoms with Crippen LogP contribution < -0.4 is 5.32 Å². The molecule has 1 aliphatic heterocycles. The van der Waals surface area contributed by atoms with Crippen molar-refractivity contribution in [3.8, 4) is 0 Å². The number of hydrogen-bond acceptors (Lipinski definition) is 1. The fourth-order valence-corrected chi connectivity index (χ4v) is 0.789. The van der Waals surface area contributed by atoms with Crippen LogP contribution >= 0.6 is 0 Å². The number of halogens is 2. The molecular weight excluding hydrogens is 112 g/mol. The molecule has 48 valence electrons. The highest BCUT2D eigenvalue weighted by Gasteiger charge is 2.22. The molecule has 0 amide bonds. The van der Waals surface area contributed by atoms with Crippen LogP contribution in [0.3, 0.4) is 0 Å². The Kier molecular flexibility index (Phi) is 1.78. The third kappa shape index (κ3) is 1.15. The van der Waals surface area contributed by atoms with Gasteiger partial charge in [0, 0.05) is 6.54 Å². The second-order valence-corrected chi connectivity index (χ2v) is 2.02. The summed E-state index contributed by atoms with van der Waals surface area (Å²) in [6.07, 6.45) is -2.18. The lowest BCUT2D eigenvalue weighted by Gasteiger charge is -2.19. The Morgan fingerprint density at radius 1 is 1.25 bits per heavy atom. The second-order valence-electron chi connectivity index (χ2n) is 2.02. The summed E-state index contributed by atoms with van der Waals surface area (Å²) in [6, 6.07) is 0. The fraction of sp³-hybridized carbons (Fsp3) is 1.00. The van der Waals surface area contributed by atoms with Crippen molar-refractivity contribution in [2.45, 2.75) is 18.8 Å². The van der Waals surface area contributed by atoms with E-state index in [4.69, 9.17) is 0 Å². The van der Waals surface area contributed by atoms with E-state index in [-0.39, 0.29) is 6.54 Å². The van der Waals surface area contributed by atoms with E-state index in [1.807, 2.05) is 0 Å². The molecule has 2 atom stereocenters. The Labute approximate surface area is 47.1 Å². The summed E-state index contributed by atoms with van der Waals surface area (Å²) < 4.78 is 24.3. The van der Waals surface area contributed by atoms with Crippen LogP contribution in [0.15, 0.2) is 0 Å². The zero-order valence-electron chi connectivity index (χ0n) is 4.53. The van der Waals surface area contributed by atoms with Crippen LogP contribution in [0, 0.1) is 0 Å². The molecule has 0 bridgehead atoms. The maximum atomic E-state index is 12.2. The van der Waals surface area contributed by atoms with Crippen LogP contribution in [0.25, 0.3) is 0 Å². The predicted molar refractivity (Wildman–Crippen MR) is 27.3 cm³/mol. The topological polar surface area (TPSA) is 12.0 Å². The highest BCUT2D eigenvalue weighted by Crippen LogP contribution is 2.10. The molecule has 1 aliphatic rings. The van der Waals surface area contributed by atoms with E-state index in [0.29, 0.717) is 13.0 Å². The third-order valence-electron chi connectivity index (χ3n) is 1.33. The zero-order chi connectivity index (χ0) is 5.98. The SMILES string of the molecule is FC1CCNCC1F. The normalized spacial score (nSPS) is 39.8. The fourth-order valence-electron chi connectivity index (χ4n) is 0.789. The minimum atomic E-state index is -1.27. The Morgan fingerprint density at radius 2 is 2.00 bits per heavy atom. The van der Waals surface area contributed by atoms with Gasteiger partial charge >= 0.3 is 0 Å². The third-order valence-corrected chi connectivity index (χ3v) is 1.33. The molecule has 1 heterocycles. The van der Waals surface area contributed by atoms with Crippen molar-refractivity contribution in [3.05, 3.63) is 0 Å². The maximum Gasteiger partial charge on any atom is 0.144 e. The summed E-state index contributed by atoms with van der Waals surface area (Å²) in [5, 5.41) is 2.75. The van der Waals surface area contributed by atoms with Crippen molar-refractivity contribution in [2.24, 2.45) is 0 Å². The van der Waals surface area contributed by atoms with Crippen LogP contribution in [0.1, 0.15) is 6.42 Å². The molecule has 0 aromatic rings. The molecule has 1 N–H and O–H groups in total. The molecule has 0 aromatic heterocycles. The van der Waals surface area contributed by atoms with E-state index >= 15 is 0 Å². The summed E-state index contributed by atoms with van der Waals surface area (Å²) in [7, 11) is 0. The second kappa shape index (κ2) is 2.40. The lowest BCUT2D eigenvalue weighted by atomic mass is 10.1. The molecule has 1 fully saturated rings. The highest BCUT2D eigenvalue weighted by atomic mass is 19.2. The lowest BCUT2D eigenvalue weighted by Crippen LogP contribution is -2.39. The molecule has 3 heteroatoms. The Hall–Kier alpha value is -0.180. The van der Waals surface area contributed by atoms with Crippen molar-refractivity contribution in [2.75, 3.05) is 13.1 Å². The van der Waals surface area contributed by atoms with E-state index in [2.05, 4.69) is 5.32 Å². The summed E-state index contributed by atoms with van der Waals surface area (Å²) in [6.45, 7) is 0.794. The van der Waals surface area contributed by atoms with Crippen LogP contribution in [-0.4, -0.2) is 25.4 Å². The minimum Gasteiger partial charge on any atom is -0.314 e. The number of rotatable bonds is 0. The monoisotopic (exact) mass is 121 g/mol. The molecule has 2 unspecified atom stereocenters. The quantitative estimate of drug-likeness (QED) is 0.496. The highest BCUT2D eigenvalue weighted by molar-refractivity contribution is 4.76. The molecule has 0 saturated carbocycles. The van der Waals surface area contributed by atoms with Gasteiger partial charge in [0.05, 0.1) is 0 Å². The van der Waals surface area contributed by atoms with E-state index in [0.717, 1.165) is 0 Å². The molecule has 1 nitrogen and oxygen atoms in total. The van der Waals surface area contributed by atoms with Gasteiger partial charge in [-0.2, -0.15) is 0 Å². The minimum absolute atomic E-state index is 0.182. The van der Waals surface area contributed by atoms with Crippen LogP contribution in [0.2, 0.25) is 0 Å². The van der Waals surface area contributed by atoms with Crippen LogP contribution in [-0.2, 0) is 0 Å². The standard InChI is InChI=1S/C5H9F2N/c6-4-1-2-8-3-5(4)7/h4-5,8H,1-3H2. The van der Waals surface area contributed by atoms with E-state index in [1.54, 1.807) is 0 Å². The summed E-state index contributed by atoms with van der Waals surface area (Å²) >= 11 is 0. The molecule has 1 saturated heterocycles. The van der Waals surface area contributed by atoms with Crippen molar-refractivity contribution in [1.82, 2.24) is 5.32 Å². The van der Waals surface area contributed by atoms with E-state index in [1.165, 1.54) is 0 Å². The molecule has 0 aliphatic carbocycles. The van der Waals surface area contributed by atoms with Gasteiger partial charge in [-0.3, -0.25) is 0 Å². The summed E-state index contributed by atoms with van der Waals surface area (Å²) in [5.41, 5.74) is 0. The lowest BCUT2D eigenvalue weighted by molar-refractivity contribution is 0.131. The zero-order valence-corrected chi connectivity index (χ0v) is 4.53. The van der Waals surface area contributed by atoms with Crippen molar-refractivity contribution in [3.63, 3.8) is 0 Å². The number of alkyl halides is 2. The Morgan fingerprint density at radius 3 is 2.38 bits per heavy atom. The van der Waals surface area contributed by atoms with Gasteiger partial charge in [-0.25, -0.2) is 8.78 Å². The molecule has 0 spiro atoms. The Bertz CT molecular complexity index is 66.8. The van der Waals surface area contributed by atoms with Gasteiger partial charge in [0.25, 0.3) is 0 Å². The number of nitrogens with one attached hydrogen (secondary N) is 1. The van der Waals surface area contributed by atoms with Gasteiger partial charge in [-0.05, 0) is 13.0 Å². The first-order valence-corrected chi connectivity index (χ1v) is 2.79.